The van der Waals surface area contributed by atoms with Crippen LogP contribution in [0.25, 0.3) is 0 Å². The second-order valence-corrected chi connectivity index (χ2v) is 6.01. The number of thiophene rings is 1. The number of aryl methyl sites for hydroxylation is 2. The Morgan fingerprint density at radius 2 is 2.06 bits per heavy atom. The van der Waals surface area contributed by atoms with E-state index in [0.717, 1.165) is 12.2 Å². The van der Waals surface area contributed by atoms with Crippen LogP contribution in [-0.4, -0.2) is 7.11 Å². The van der Waals surface area contributed by atoms with Crippen molar-refractivity contribution in [2.24, 2.45) is 0 Å². The van der Waals surface area contributed by atoms with Crippen LogP contribution >= 0.6 is 22.9 Å². The van der Waals surface area contributed by atoms with Crippen LogP contribution in [-0.2, 0) is 6.54 Å². The summed E-state index contributed by atoms with van der Waals surface area (Å²) in [5, 5.41) is 4.02. The van der Waals surface area contributed by atoms with Crippen molar-refractivity contribution in [2.45, 2.75) is 20.4 Å². The van der Waals surface area contributed by atoms with E-state index in [9.17, 15) is 0 Å². The van der Waals surface area contributed by atoms with Crippen molar-refractivity contribution in [1.82, 2.24) is 0 Å². The van der Waals surface area contributed by atoms with Crippen molar-refractivity contribution in [2.75, 3.05) is 12.4 Å². The number of halogens is 1. The summed E-state index contributed by atoms with van der Waals surface area (Å²) in [6, 6.07) is 7.94. The molecule has 0 radical (unpaired) electrons. The average molecular weight is 282 g/mol. The van der Waals surface area contributed by atoms with Crippen LogP contribution < -0.4 is 10.1 Å². The Morgan fingerprint density at radius 1 is 1.28 bits per heavy atom. The van der Waals surface area contributed by atoms with Crippen molar-refractivity contribution >= 4 is 28.6 Å². The Morgan fingerprint density at radius 3 is 2.67 bits per heavy atom. The van der Waals surface area contributed by atoms with E-state index in [4.69, 9.17) is 16.3 Å². The van der Waals surface area contributed by atoms with Gasteiger partial charge in [0.05, 0.1) is 12.1 Å². The number of ether oxygens (including phenoxy) is 1. The molecule has 0 aliphatic carbocycles. The molecule has 2 aromatic rings. The van der Waals surface area contributed by atoms with Gasteiger partial charge in [0, 0.05) is 28.1 Å². The molecule has 0 spiro atoms. The van der Waals surface area contributed by atoms with E-state index in [0.29, 0.717) is 10.8 Å². The SMILES string of the molecule is COc1cc(NCc2cc(C)sc2C)ccc1Cl. The second kappa shape index (κ2) is 5.63. The van der Waals surface area contributed by atoms with Gasteiger partial charge < -0.3 is 10.1 Å². The van der Waals surface area contributed by atoms with Crippen molar-refractivity contribution in [3.05, 3.63) is 44.6 Å². The van der Waals surface area contributed by atoms with E-state index in [-0.39, 0.29) is 0 Å². The summed E-state index contributed by atoms with van der Waals surface area (Å²) in [6.07, 6.45) is 0. The third kappa shape index (κ3) is 2.98. The van der Waals surface area contributed by atoms with Gasteiger partial charge in [-0.15, -0.1) is 11.3 Å². The molecule has 0 aliphatic heterocycles. The highest BCUT2D eigenvalue weighted by Crippen LogP contribution is 2.28. The summed E-state index contributed by atoms with van der Waals surface area (Å²) in [4.78, 5) is 2.71. The number of rotatable bonds is 4. The summed E-state index contributed by atoms with van der Waals surface area (Å²) in [5.41, 5.74) is 2.35. The lowest BCUT2D eigenvalue weighted by Gasteiger charge is -2.09. The zero-order valence-electron chi connectivity index (χ0n) is 10.7. The van der Waals surface area contributed by atoms with Crippen molar-refractivity contribution in [3.63, 3.8) is 0 Å². The molecule has 0 fully saturated rings. The van der Waals surface area contributed by atoms with Gasteiger partial charge in [0.25, 0.3) is 0 Å². The summed E-state index contributed by atoms with van der Waals surface area (Å²) in [5.74, 6) is 0.694. The lowest BCUT2D eigenvalue weighted by molar-refractivity contribution is 0.415. The summed E-state index contributed by atoms with van der Waals surface area (Å²) in [6.45, 7) is 5.10. The van der Waals surface area contributed by atoms with E-state index < -0.39 is 0 Å². The third-order valence-corrected chi connectivity index (χ3v) is 4.10. The van der Waals surface area contributed by atoms with Gasteiger partial charge >= 0.3 is 0 Å². The van der Waals surface area contributed by atoms with E-state index in [1.807, 2.05) is 29.5 Å². The first-order valence-corrected chi connectivity index (χ1v) is 6.93. The standard InChI is InChI=1S/C14H16ClNOS/c1-9-6-11(10(2)18-9)8-16-12-4-5-13(15)14(7-12)17-3/h4-7,16H,8H2,1-3H3. The molecular weight excluding hydrogens is 266 g/mol. The smallest absolute Gasteiger partial charge is 0.139 e. The van der Waals surface area contributed by atoms with Crippen LogP contribution in [0.1, 0.15) is 15.3 Å². The minimum absolute atomic E-state index is 0.630. The molecule has 4 heteroatoms. The fourth-order valence-corrected chi connectivity index (χ4v) is 2.97. The van der Waals surface area contributed by atoms with E-state index in [2.05, 4.69) is 25.2 Å². The molecule has 0 unspecified atom stereocenters. The van der Waals surface area contributed by atoms with Gasteiger partial charge in [0.15, 0.2) is 0 Å². The Hall–Kier alpha value is -1.19. The first-order chi connectivity index (χ1) is 8.60. The minimum Gasteiger partial charge on any atom is -0.495 e. The molecule has 0 saturated heterocycles. The molecular formula is C14H16ClNOS. The Labute approximate surface area is 117 Å². The van der Waals surface area contributed by atoms with Crippen LogP contribution in [0.3, 0.4) is 0 Å². The second-order valence-electron chi connectivity index (χ2n) is 4.14. The number of methoxy groups -OCH3 is 1. The molecule has 1 aromatic heterocycles. The maximum Gasteiger partial charge on any atom is 0.139 e. The zero-order chi connectivity index (χ0) is 13.1. The maximum atomic E-state index is 5.99. The quantitative estimate of drug-likeness (QED) is 0.881. The number of benzene rings is 1. The molecule has 0 bridgehead atoms. The maximum absolute atomic E-state index is 5.99. The first kappa shape index (κ1) is 13.2. The molecule has 2 rings (SSSR count). The molecule has 0 amide bonds. The largest absolute Gasteiger partial charge is 0.495 e. The fourth-order valence-electron chi connectivity index (χ4n) is 1.83. The first-order valence-electron chi connectivity index (χ1n) is 5.73. The van der Waals surface area contributed by atoms with Gasteiger partial charge in [-0.25, -0.2) is 0 Å². The van der Waals surface area contributed by atoms with E-state index in [1.54, 1.807) is 7.11 Å². The topological polar surface area (TPSA) is 21.3 Å². The van der Waals surface area contributed by atoms with Gasteiger partial charge in [-0.05, 0) is 37.6 Å². The molecule has 18 heavy (non-hydrogen) atoms. The molecule has 0 aliphatic rings. The predicted octanol–water partition coefficient (Wildman–Crippen LogP) is 4.64. The Balaban J connectivity index is 2.08. The normalized spacial score (nSPS) is 10.4. The molecule has 1 heterocycles. The van der Waals surface area contributed by atoms with E-state index >= 15 is 0 Å². The summed E-state index contributed by atoms with van der Waals surface area (Å²) >= 11 is 7.82. The average Bonchev–Trinajstić information content (AvgIpc) is 2.67. The minimum atomic E-state index is 0.630. The number of anilines is 1. The number of hydrogen-bond acceptors (Lipinski definition) is 3. The lowest BCUT2D eigenvalue weighted by atomic mass is 10.2. The van der Waals surface area contributed by atoms with Crippen LogP contribution in [0.2, 0.25) is 5.02 Å². The molecule has 96 valence electrons. The highest BCUT2D eigenvalue weighted by molar-refractivity contribution is 7.12. The Bertz CT molecular complexity index is 551. The van der Waals surface area contributed by atoms with Crippen LogP contribution in [0, 0.1) is 13.8 Å². The fraction of sp³-hybridized carbons (Fsp3) is 0.286. The van der Waals surface area contributed by atoms with Gasteiger partial charge in [-0.3, -0.25) is 0 Å². The zero-order valence-corrected chi connectivity index (χ0v) is 12.3. The van der Waals surface area contributed by atoms with Crippen LogP contribution in [0.4, 0.5) is 5.69 Å². The third-order valence-electron chi connectivity index (χ3n) is 2.78. The summed E-state index contributed by atoms with van der Waals surface area (Å²) < 4.78 is 5.20. The van der Waals surface area contributed by atoms with Crippen LogP contribution in [0.5, 0.6) is 5.75 Å². The van der Waals surface area contributed by atoms with Gasteiger partial charge in [-0.1, -0.05) is 11.6 Å². The highest BCUT2D eigenvalue weighted by Gasteiger charge is 2.04. The van der Waals surface area contributed by atoms with Crippen molar-refractivity contribution < 1.29 is 4.74 Å². The lowest BCUT2D eigenvalue weighted by Crippen LogP contribution is -1.99. The molecule has 1 N–H and O–H groups in total. The van der Waals surface area contributed by atoms with Crippen molar-refractivity contribution in [3.8, 4) is 5.75 Å². The van der Waals surface area contributed by atoms with Crippen LogP contribution in [0.15, 0.2) is 24.3 Å². The Kier molecular flexibility index (Phi) is 4.15. The van der Waals surface area contributed by atoms with E-state index in [1.165, 1.54) is 15.3 Å². The predicted molar refractivity (Wildman–Crippen MR) is 79.1 cm³/mol. The van der Waals surface area contributed by atoms with Crippen molar-refractivity contribution in [1.29, 1.82) is 0 Å². The highest BCUT2D eigenvalue weighted by atomic mass is 35.5. The summed E-state index contributed by atoms with van der Waals surface area (Å²) in [7, 11) is 1.62. The number of nitrogens with one attached hydrogen (secondary N) is 1. The van der Waals surface area contributed by atoms with Gasteiger partial charge in [-0.2, -0.15) is 0 Å². The van der Waals surface area contributed by atoms with Gasteiger partial charge in [0.1, 0.15) is 5.75 Å². The molecule has 0 atom stereocenters. The molecule has 1 aromatic carbocycles. The van der Waals surface area contributed by atoms with Gasteiger partial charge in [0.2, 0.25) is 0 Å². The monoisotopic (exact) mass is 281 g/mol. The molecule has 2 nitrogen and oxygen atoms in total. The molecule has 0 saturated carbocycles. The number of hydrogen-bond donors (Lipinski definition) is 1.